The molecule has 3 aromatic rings. The average Bonchev–Trinajstić information content (AvgIpc) is 3.04. The second kappa shape index (κ2) is 8.05. The lowest BCUT2D eigenvalue weighted by Gasteiger charge is -2.39. The van der Waals surface area contributed by atoms with Crippen molar-refractivity contribution in [3.8, 4) is 0 Å². The van der Waals surface area contributed by atoms with Gasteiger partial charge in [-0.25, -0.2) is 4.98 Å². The van der Waals surface area contributed by atoms with Crippen molar-refractivity contribution in [1.29, 1.82) is 0 Å². The van der Waals surface area contributed by atoms with Gasteiger partial charge in [0.25, 0.3) is 0 Å². The number of nitrogens with one attached hydrogen (secondary N) is 1. The lowest BCUT2D eigenvalue weighted by atomic mass is 9.97. The number of carbonyl (C=O) groups is 1. The molecule has 0 bridgehead atoms. The summed E-state index contributed by atoms with van der Waals surface area (Å²) >= 11 is 0. The summed E-state index contributed by atoms with van der Waals surface area (Å²) in [7, 11) is 0. The Hall–Kier alpha value is -2.82. The zero-order valence-electron chi connectivity index (χ0n) is 16.6. The lowest BCUT2D eigenvalue weighted by Crippen LogP contribution is -2.48. The summed E-state index contributed by atoms with van der Waals surface area (Å²) in [5, 5.41) is 3.43. The average molecular weight is 377 g/mol. The summed E-state index contributed by atoms with van der Waals surface area (Å²) in [6.45, 7) is 5.31. The predicted octanol–water partition coefficient (Wildman–Crippen LogP) is 4.44. The third-order valence-electron chi connectivity index (χ3n) is 5.72. The van der Waals surface area contributed by atoms with Gasteiger partial charge in [0.1, 0.15) is 6.54 Å². The van der Waals surface area contributed by atoms with Crippen LogP contribution < -0.4 is 5.32 Å². The zero-order chi connectivity index (χ0) is 19.5. The van der Waals surface area contributed by atoms with Crippen molar-refractivity contribution in [2.24, 2.45) is 0 Å². The lowest BCUT2D eigenvalue weighted by molar-refractivity contribution is -0.137. The molecule has 0 spiro atoms. The van der Waals surface area contributed by atoms with Crippen molar-refractivity contribution in [1.82, 2.24) is 14.5 Å². The van der Waals surface area contributed by atoms with Gasteiger partial charge in [0.05, 0.1) is 11.0 Å². The molecule has 0 unspecified atom stereocenters. The number of hydrogen-bond donors (Lipinski definition) is 1. The van der Waals surface area contributed by atoms with E-state index in [1.54, 1.807) is 0 Å². The van der Waals surface area contributed by atoms with E-state index in [9.17, 15) is 4.79 Å². The standard InChI is InChI=1S/C23H28N4O/c1-17-9-8-10-18(2)27(17)22(28)16-26-21-14-7-6-13-20(21)25-23(26)24-15-19-11-4-3-5-12-19/h3-7,11-14,17-18H,8-10,15-16H2,1-2H3,(H,24,25)/t17-,18-/m1/s1. The van der Waals surface area contributed by atoms with Crippen LogP contribution in [0.1, 0.15) is 38.7 Å². The topological polar surface area (TPSA) is 50.2 Å². The van der Waals surface area contributed by atoms with Crippen LogP contribution in [0.2, 0.25) is 0 Å². The second-order valence-electron chi connectivity index (χ2n) is 7.78. The molecule has 5 heteroatoms. The molecule has 146 valence electrons. The number of likely N-dealkylation sites (tertiary alicyclic amines) is 1. The number of fused-ring (bicyclic) bond motifs is 1. The van der Waals surface area contributed by atoms with Crippen LogP contribution >= 0.6 is 0 Å². The predicted molar refractivity (Wildman–Crippen MR) is 113 cm³/mol. The van der Waals surface area contributed by atoms with Crippen molar-refractivity contribution in [2.45, 2.75) is 58.3 Å². The normalized spacial score (nSPS) is 19.7. The first-order chi connectivity index (χ1) is 13.6. The Balaban J connectivity index is 1.60. The number of imidazole rings is 1. The van der Waals surface area contributed by atoms with Crippen LogP contribution in [0.3, 0.4) is 0 Å². The first-order valence-corrected chi connectivity index (χ1v) is 10.2. The first kappa shape index (κ1) is 18.5. The second-order valence-corrected chi connectivity index (χ2v) is 7.78. The van der Waals surface area contributed by atoms with Gasteiger partial charge in [0, 0.05) is 18.6 Å². The first-order valence-electron chi connectivity index (χ1n) is 10.2. The summed E-state index contributed by atoms with van der Waals surface area (Å²) in [5.74, 6) is 0.918. The van der Waals surface area contributed by atoms with Crippen LogP contribution in [0, 0.1) is 0 Å². The van der Waals surface area contributed by atoms with Crippen molar-refractivity contribution in [3.05, 3.63) is 60.2 Å². The number of para-hydroxylation sites is 2. The summed E-state index contributed by atoms with van der Waals surface area (Å²) in [5.41, 5.74) is 3.08. The maximum atomic E-state index is 13.2. The van der Waals surface area contributed by atoms with Gasteiger partial charge in [-0.2, -0.15) is 0 Å². The van der Waals surface area contributed by atoms with Crippen LogP contribution in [-0.4, -0.2) is 32.4 Å². The van der Waals surface area contributed by atoms with Crippen molar-refractivity contribution in [2.75, 3.05) is 5.32 Å². The van der Waals surface area contributed by atoms with Crippen LogP contribution in [-0.2, 0) is 17.9 Å². The fraction of sp³-hybridized carbons (Fsp3) is 0.391. The van der Waals surface area contributed by atoms with Crippen LogP contribution in [0.5, 0.6) is 0 Å². The minimum absolute atomic E-state index is 0.172. The number of hydrogen-bond acceptors (Lipinski definition) is 3. The summed E-state index contributed by atoms with van der Waals surface area (Å²) in [6.07, 6.45) is 3.36. The van der Waals surface area contributed by atoms with E-state index in [1.165, 1.54) is 12.0 Å². The molecule has 0 saturated carbocycles. The number of rotatable bonds is 5. The molecule has 5 nitrogen and oxygen atoms in total. The van der Waals surface area contributed by atoms with Crippen molar-refractivity contribution >= 4 is 22.9 Å². The van der Waals surface area contributed by atoms with E-state index in [-0.39, 0.29) is 5.91 Å². The van der Waals surface area contributed by atoms with Gasteiger partial charge < -0.3 is 14.8 Å². The maximum absolute atomic E-state index is 13.2. The zero-order valence-corrected chi connectivity index (χ0v) is 16.6. The Morgan fingerprint density at radius 3 is 2.46 bits per heavy atom. The molecule has 1 aliphatic heterocycles. The number of anilines is 1. The molecule has 1 amide bonds. The quantitative estimate of drug-likeness (QED) is 0.716. The van der Waals surface area contributed by atoms with Gasteiger partial charge in [-0.15, -0.1) is 0 Å². The number of piperidine rings is 1. The number of amides is 1. The largest absolute Gasteiger partial charge is 0.352 e. The summed E-state index contributed by atoms with van der Waals surface area (Å²) < 4.78 is 2.02. The molecule has 0 aliphatic carbocycles. The Labute approximate surface area is 166 Å². The van der Waals surface area contributed by atoms with Gasteiger partial charge >= 0.3 is 0 Å². The fourth-order valence-electron chi connectivity index (χ4n) is 4.28. The van der Waals surface area contributed by atoms with E-state index in [0.29, 0.717) is 25.2 Å². The smallest absolute Gasteiger partial charge is 0.243 e. The maximum Gasteiger partial charge on any atom is 0.243 e. The number of aromatic nitrogens is 2. The number of carbonyl (C=O) groups excluding carboxylic acids is 1. The third kappa shape index (κ3) is 3.75. The van der Waals surface area contributed by atoms with E-state index in [1.807, 2.05) is 47.0 Å². The van der Waals surface area contributed by atoms with Crippen molar-refractivity contribution < 1.29 is 4.79 Å². The molecule has 1 N–H and O–H groups in total. The van der Waals surface area contributed by atoms with Crippen LogP contribution in [0.4, 0.5) is 5.95 Å². The van der Waals surface area contributed by atoms with Gasteiger partial charge in [0.2, 0.25) is 11.9 Å². The molecule has 2 heterocycles. The highest BCUT2D eigenvalue weighted by atomic mass is 16.2. The van der Waals surface area contributed by atoms with Gasteiger partial charge in [0.15, 0.2) is 0 Å². The third-order valence-corrected chi connectivity index (χ3v) is 5.72. The van der Waals surface area contributed by atoms with E-state index >= 15 is 0 Å². The van der Waals surface area contributed by atoms with Gasteiger partial charge in [-0.05, 0) is 50.8 Å². The Bertz CT molecular complexity index is 940. The highest BCUT2D eigenvalue weighted by molar-refractivity contribution is 5.83. The van der Waals surface area contributed by atoms with Crippen LogP contribution in [0.25, 0.3) is 11.0 Å². The van der Waals surface area contributed by atoms with E-state index < -0.39 is 0 Å². The molecular formula is C23H28N4O. The molecule has 2 aromatic carbocycles. The molecule has 2 atom stereocenters. The molecule has 1 saturated heterocycles. The molecule has 28 heavy (non-hydrogen) atoms. The molecule has 1 aromatic heterocycles. The van der Waals surface area contributed by atoms with Gasteiger partial charge in [-0.3, -0.25) is 4.79 Å². The van der Waals surface area contributed by atoms with E-state index in [2.05, 4.69) is 36.2 Å². The summed E-state index contributed by atoms with van der Waals surface area (Å²) in [6, 6.07) is 18.9. The molecule has 1 aliphatic rings. The Morgan fingerprint density at radius 1 is 1.04 bits per heavy atom. The molecule has 1 fully saturated rings. The highest BCUT2D eigenvalue weighted by Crippen LogP contribution is 2.25. The number of nitrogens with zero attached hydrogens (tertiary/aromatic N) is 3. The van der Waals surface area contributed by atoms with E-state index in [0.717, 1.165) is 29.8 Å². The number of benzene rings is 2. The monoisotopic (exact) mass is 376 g/mol. The Kier molecular flexibility index (Phi) is 5.33. The van der Waals surface area contributed by atoms with Crippen LogP contribution in [0.15, 0.2) is 54.6 Å². The van der Waals surface area contributed by atoms with Gasteiger partial charge in [-0.1, -0.05) is 42.5 Å². The van der Waals surface area contributed by atoms with Crippen molar-refractivity contribution in [3.63, 3.8) is 0 Å². The summed E-state index contributed by atoms with van der Waals surface area (Å²) in [4.78, 5) is 20.0. The molecule has 0 radical (unpaired) electrons. The highest BCUT2D eigenvalue weighted by Gasteiger charge is 2.29. The molecule has 4 rings (SSSR count). The minimum atomic E-state index is 0.172. The SMILES string of the molecule is C[C@@H]1CCC[C@@H](C)N1C(=O)Cn1c(NCc2ccccc2)nc2ccccc21. The Morgan fingerprint density at radius 2 is 1.71 bits per heavy atom. The fourth-order valence-corrected chi connectivity index (χ4v) is 4.28. The molecular weight excluding hydrogens is 348 g/mol. The van der Waals surface area contributed by atoms with E-state index in [4.69, 9.17) is 4.98 Å². The minimum Gasteiger partial charge on any atom is -0.352 e.